The van der Waals surface area contributed by atoms with Gasteiger partial charge in [0.25, 0.3) is 0 Å². The van der Waals surface area contributed by atoms with E-state index in [1.54, 1.807) is 19.1 Å². The SMILES string of the molecule is CCOC(=O)Cc1cc(OC)cc(C#N)c1CCl. The van der Waals surface area contributed by atoms with Crippen molar-refractivity contribution in [3.63, 3.8) is 0 Å². The van der Waals surface area contributed by atoms with Gasteiger partial charge in [0.05, 0.1) is 31.8 Å². The molecule has 0 aliphatic heterocycles. The summed E-state index contributed by atoms with van der Waals surface area (Å²) >= 11 is 5.83. The second-order valence-electron chi connectivity index (χ2n) is 3.54. The predicted octanol–water partition coefficient (Wildman–Crippen LogP) is 2.41. The van der Waals surface area contributed by atoms with Crippen LogP contribution in [-0.4, -0.2) is 19.7 Å². The van der Waals surface area contributed by atoms with Gasteiger partial charge in [0, 0.05) is 5.88 Å². The molecule has 1 aromatic carbocycles. The van der Waals surface area contributed by atoms with Gasteiger partial charge in [-0.15, -0.1) is 11.6 Å². The van der Waals surface area contributed by atoms with Crippen molar-refractivity contribution in [1.29, 1.82) is 5.26 Å². The Balaban J connectivity index is 3.15. The average molecular weight is 268 g/mol. The van der Waals surface area contributed by atoms with Gasteiger partial charge in [0.1, 0.15) is 5.75 Å². The number of benzene rings is 1. The molecular formula is C13H14ClNO3. The number of hydrogen-bond donors (Lipinski definition) is 0. The van der Waals surface area contributed by atoms with Crippen molar-refractivity contribution in [2.45, 2.75) is 19.2 Å². The minimum atomic E-state index is -0.346. The van der Waals surface area contributed by atoms with Crippen molar-refractivity contribution in [3.8, 4) is 11.8 Å². The smallest absolute Gasteiger partial charge is 0.310 e. The molecule has 0 aromatic heterocycles. The Labute approximate surface area is 111 Å². The summed E-state index contributed by atoms with van der Waals surface area (Å²) in [5.41, 5.74) is 1.73. The number of carbonyl (C=O) groups is 1. The molecule has 1 aromatic rings. The number of hydrogen-bond acceptors (Lipinski definition) is 4. The second kappa shape index (κ2) is 6.87. The number of carbonyl (C=O) groups excluding carboxylic acids is 1. The maximum Gasteiger partial charge on any atom is 0.310 e. The van der Waals surface area contributed by atoms with Crippen molar-refractivity contribution in [1.82, 2.24) is 0 Å². The van der Waals surface area contributed by atoms with Crippen LogP contribution in [0.5, 0.6) is 5.75 Å². The fraction of sp³-hybridized carbons (Fsp3) is 0.385. The molecule has 4 nitrogen and oxygen atoms in total. The van der Waals surface area contributed by atoms with Crippen molar-refractivity contribution in [2.75, 3.05) is 13.7 Å². The molecule has 0 atom stereocenters. The third-order valence-electron chi connectivity index (χ3n) is 2.45. The van der Waals surface area contributed by atoms with Crippen LogP contribution in [0.3, 0.4) is 0 Å². The molecular weight excluding hydrogens is 254 g/mol. The molecule has 0 saturated carbocycles. The van der Waals surface area contributed by atoms with E-state index >= 15 is 0 Å². The van der Waals surface area contributed by atoms with Crippen molar-refractivity contribution in [3.05, 3.63) is 28.8 Å². The van der Waals surface area contributed by atoms with E-state index in [2.05, 4.69) is 6.07 Å². The van der Waals surface area contributed by atoms with E-state index in [-0.39, 0.29) is 18.3 Å². The molecule has 1 rings (SSSR count). The Kier molecular flexibility index (Phi) is 5.47. The van der Waals surface area contributed by atoms with Gasteiger partial charge in [-0.3, -0.25) is 4.79 Å². The van der Waals surface area contributed by atoms with Crippen LogP contribution in [0.4, 0.5) is 0 Å². The van der Waals surface area contributed by atoms with E-state index in [1.807, 2.05) is 0 Å². The van der Waals surface area contributed by atoms with Crippen LogP contribution in [0.1, 0.15) is 23.6 Å². The van der Waals surface area contributed by atoms with Crippen LogP contribution in [-0.2, 0) is 21.8 Å². The standard InChI is InChI=1S/C13H14ClNO3/c1-3-18-13(16)6-9-4-11(17-2)5-10(8-15)12(9)7-14/h4-5H,3,6-7H2,1-2H3. The van der Waals surface area contributed by atoms with Crippen molar-refractivity contribution >= 4 is 17.6 Å². The van der Waals surface area contributed by atoms with E-state index in [0.29, 0.717) is 29.0 Å². The predicted molar refractivity (Wildman–Crippen MR) is 67.6 cm³/mol. The molecule has 0 unspecified atom stereocenters. The van der Waals surface area contributed by atoms with Gasteiger partial charge in [-0.1, -0.05) is 0 Å². The third-order valence-corrected chi connectivity index (χ3v) is 2.71. The van der Waals surface area contributed by atoms with Gasteiger partial charge < -0.3 is 9.47 Å². The maximum absolute atomic E-state index is 11.5. The molecule has 0 amide bonds. The lowest BCUT2D eigenvalue weighted by atomic mass is 10.00. The summed E-state index contributed by atoms with van der Waals surface area (Å²) in [6, 6.07) is 5.36. The molecule has 5 heteroatoms. The number of nitriles is 1. The molecule has 0 bridgehead atoms. The quantitative estimate of drug-likeness (QED) is 0.607. The zero-order valence-corrected chi connectivity index (χ0v) is 11.1. The number of ether oxygens (including phenoxy) is 2. The molecule has 0 N–H and O–H groups in total. The Morgan fingerprint density at radius 2 is 2.22 bits per heavy atom. The number of esters is 1. The molecule has 0 radical (unpaired) electrons. The van der Waals surface area contributed by atoms with Crippen LogP contribution in [0, 0.1) is 11.3 Å². The molecule has 0 aliphatic carbocycles. The number of alkyl halides is 1. The third kappa shape index (κ3) is 3.38. The van der Waals surface area contributed by atoms with E-state index in [4.69, 9.17) is 26.3 Å². The highest BCUT2D eigenvalue weighted by molar-refractivity contribution is 6.17. The summed E-state index contributed by atoms with van der Waals surface area (Å²) in [5, 5.41) is 9.05. The van der Waals surface area contributed by atoms with Crippen LogP contribution in [0.2, 0.25) is 0 Å². The monoisotopic (exact) mass is 267 g/mol. The number of methoxy groups -OCH3 is 1. The Morgan fingerprint density at radius 1 is 1.50 bits per heavy atom. The average Bonchev–Trinajstić information content (AvgIpc) is 2.37. The van der Waals surface area contributed by atoms with Crippen LogP contribution >= 0.6 is 11.6 Å². The summed E-state index contributed by atoms with van der Waals surface area (Å²) in [5.74, 6) is 0.350. The summed E-state index contributed by atoms with van der Waals surface area (Å²) in [7, 11) is 1.50. The van der Waals surface area contributed by atoms with E-state index in [9.17, 15) is 4.79 Å². The van der Waals surface area contributed by atoms with Gasteiger partial charge in [0.15, 0.2) is 0 Å². The minimum absolute atomic E-state index is 0.0851. The summed E-state index contributed by atoms with van der Waals surface area (Å²) in [4.78, 5) is 11.5. The minimum Gasteiger partial charge on any atom is -0.497 e. The van der Waals surface area contributed by atoms with Gasteiger partial charge >= 0.3 is 5.97 Å². The van der Waals surface area contributed by atoms with Gasteiger partial charge in [-0.25, -0.2) is 0 Å². The van der Waals surface area contributed by atoms with Crippen molar-refractivity contribution in [2.24, 2.45) is 0 Å². The number of nitrogens with zero attached hydrogens (tertiary/aromatic N) is 1. The largest absolute Gasteiger partial charge is 0.497 e. The molecule has 96 valence electrons. The van der Waals surface area contributed by atoms with Crippen LogP contribution < -0.4 is 4.74 Å². The van der Waals surface area contributed by atoms with E-state index in [0.717, 1.165) is 0 Å². The molecule has 0 heterocycles. The van der Waals surface area contributed by atoms with Crippen LogP contribution in [0.15, 0.2) is 12.1 Å². The lowest BCUT2D eigenvalue weighted by molar-refractivity contribution is -0.142. The Morgan fingerprint density at radius 3 is 2.72 bits per heavy atom. The second-order valence-corrected chi connectivity index (χ2v) is 3.81. The van der Waals surface area contributed by atoms with Crippen molar-refractivity contribution < 1.29 is 14.3 Å². The first-order valence-electron chi connectivity index (χ1n) is 5.47. The van der Waals surface area contributed by atoms with Crippen LogP contribution in [0.25, 0.3) is 0 Å². The normalized spacial score (nSPS) is 9.67. The summed E-state index contributed by atoms with van der Waals surface area (Å²) < 4.78 is 9.98. The van der Waals surface area contributed by atoms with E-state index < -0.39 is 0 Å². The zero-order chi connectivity index (χ0) is 13.5. The lowest BCUT2D eigenvalue weighted by Crippen LogP contribution is -2.10. The Hall–Kier alpha value is -1.73. The summed E-state index contributed by atoms with van der Waals surface area (Å²) in [6.07, 6.45) is 0.0851. The maximum atomic E-state index is 11.5. The zero-order valence-electron chi connectivity index (χ0n) is 10.3. The highest BCUT2D eigenvalue weighted by Gasteiger charge is 2.14. The summed E-state index contributed by atoms with van der Waals surface area (Å²) in [6.45, 7) is 2.07. The molecule has 0 aliphatic rings. The van der Waals surface area contributed by atoms with Gasteiger partial charge in [0.2, 0.25) is 0 Å². The Bertz CT molecular complexity index is 480. The molecule has 0 spiro atoms. The topological polar surface area (TPSA) is 59.3 Å². The number of halogens is 1. The van der Waals surface area contributed by atoms with Gasteiger partial charge in [-0.2, -0.15) is 5.26 Å². The molecule has 0 fully saturated rings. The molecule has 0 saturated heterocycles. The van der Waals surface area contributed by atoms with E-state index in [1.165, 1.54) is 7.11 Å². The fourth-order valence-corrected chi connectivity index (χ4v) is 1.92. The first-order chi connectivity index (χ1) is 8.65. The first kappa shape index (κ1) is 14.3. The molecule has 18 heavy (non-hydrogen) atoms. The van der Waals surface area contributed by atoms with Gasteiger partial charge in [-0.05, 0) is 30.2 Å². The fourth-order valence-electron chi connectivity index (χ4n) is 1.60. The first-order valence-corrected chi connectivity index (χ1v) is 6.01. The highest BCUT2D eigenvalue weighted by Crippen LogP contribution is 2.24. The highest BCUT2D eigenvalue weighted by atomic mass is 35.5. The lowest BCUT2D eigenvalue weighted by Gasteiger charge is -2.11. The number of rotatable bonds is 5.